The van der Waals surface area contributed by atoms with Gasteiger partial charge in [0.1, 0.15) is 0 Å². The molecule has 0 radical (unpaired) electrons. The van der Waals surface area contributed by atoms with Gasteiger partial charge < -0.3 is 16.0 Å². The number of hydrogen-bond acceptors (Lipinski definition) is 6. The van der Waals surface area contributed by atoms with Crippen molar-refractivity contribution < 1.29 is 4.79 Å². The number of nitrogens with two attached hydrogens (primary N) is 1. The van der Waals surface area contributed by atoms with Crippen LogP contribution in [0.1, 0.15) is 40.0 Å². The molecule has 5 rings (SSSR count). The number of rotatable bonds is 3. The Balaban J connectivity index is 1.51. The molecule has 8 heteroatoms. The topological polar surface area (TPSA) is 102 Å². The lowest BCUT2D eigenvalue weighted by atomic mass is 9.82. The number of nitrogens with one attached hydrogen (secondary N) is 1. The molecule has 0 saturated heterocycles. The summed E-state index contributed by atoms with van der Waals surface area (Å²) in [6.45, 7) is 4.22. The minimum absolute atomic E-state index is 0.103. The quantitative estimate of drug-likeness (QED) is 0.697. The van der Waals surface area contributed by atoms with Crippen molar-refractivity contribution in [3.05, 3.63) is 53.1 Å². The first-order valence-electron chi connectivity index (χ1n) is 10.1. The third-order valence-corrected chi connectivity index (χ3v) is 6.09. The monoisotopic (exact) mass is 403 g/mol. The van der Waals surface area contributed by atoms with E-state index in [0.717, 1.165) is 18.7 Å². The minimum atomic E-state index is -0.402. The van der Waals surface area contributed by atoms with Gasteiger partial charge in [-0.3, -0.25) is 9.48 Å². The van der Waals surface area contributed by atoms with E-state index in [0.29, 0.717) is 16.8 Å². The number of benzene rings is 1. The van der Waals surface area contributed by atoms with Gasteiger partial charge in [-0.25, -0.2) is 9.97 Å². The van der Waals surface area contributed by atoms with Crippen molar-refractivity contribution in [2.75, 3.05) is 24.6 Å². The summed E-state index contributed by atoms with van der Waals surface area (Å²) in [4.78, 5) is 23.9. The first kappa shape index (κ1) is 18.7. The van der Waals surface area contributed by atoms with Crippen molar-refractivity contribution in [1.29, 1.82) is 0 Å². The lowest BCUT2D eigenvalue weighted by Gasteiger charge is -2.34. The molecule has 1 saturated carbocycles. The van der Waals surface area contributed by atoms with Crippen LogP contribution in [0.4, 0.5) is 11.5 Å². The lowest BCUT2D eigenvalue weighted by Crippen LogP contribution is -2.35. The van der Waals surface area contributed by atoms with E-state index < -0.39 is 5.91 Å². The smallest absolute Gasteiger partial charge is 0.278 e. The highest BCUT2D eigenvalue weighted by atomic mass is 16.1. The summed E-state index contributed by atoms with van der Waals surface area (Å²) in [6, 6.07) is 4.36. The van der Waals surface area contributed by atoms with Gasteiger partial charge in [-0.15, -0.1) is 0 Å². The van der Waals surface area contributed by atoms with Crippen LogP contribution in [0.15, 0.2) is 30.7 Å². The molecule has 1 spiro atoms. The molecule has 0 atom stereocenters. The van der Waals surface area contributed by atoms with Gasteiger partial charge in [0.2, 0.25) is 0 Å². The maximum atomic E-state index is 12.7. The summed E-state index contributed by atoms with van der Waals surface area (Å²) in [7, 11) is 3.96. The zero-order chi connectivity index (χ0) is 21.0. The number of nitrogens with zero attached hydrogens (tertiary/aromatic N) is 5. The van der Waals surface area contributed by atoms with Crippen LogP contribution < -0.4 is 11.1 Å². The maximum Gasteiger partial charge on any atom is 0.278 e. The van der Waals surface area contributed by atoms with E-state index in [1.54, 1.807) is 30.3 Å². The molecule has 3 aromatic rings. The number of carbonyl (C=O) groups is 1. The van der Waals surface area contributed by atoms with Crippen molar-refractivity contribution >= 4 is 17.4 Å². The Morgan fingerprint density at radius 2 is 2.03 bits per heavy atom. The second-order valence-electron chi connectivity index (χ2n) is 8.63. The third-order valence-electron chi connectivity index (χ3n) is 6.09. The second kappa shape index (κ2) is 6.63. The van der Waals surface area contributed by atoms with Gasteiger partial charge in [0, 0.05) is 37.3 Å². The zero-order valence-corrected chi connectivity index (χ0v) is 17.4. The van der Waals surface area contributed by atoms with Crippen molar-refractivity contribution in [1.82, 2.24) is 24.6 Å². The fourth-order valence-corrected chi connectivity index (χ4v) is 4.77. The van der Waals surface area contributed by atoms with Crippen LogP contribution in [0.2, 0.25) is 0 Å². The Labute approximate surface area is 175 Å². The number of aromatic nitrogens is 4. The molecular weight excluding hydrogens is 378 g/mol. The number of anilines is 2. The Kier molecular flexibility index (Phi) is 4.14. The predicted molar refractivity (Wildman–Crippen MR) is 115 cm³/mol. The fourth-order valence-electron chi connectivity index (χ4n) is 4.77. The number of amides is 1. The van der Waals surface area contributed by atoms with Crippen LogP contribution in [-0.2, 0) is 19.0 Å². The average Bonchev–Trinajstić information content (AvgIpc) is 3.31. The van der Waals surface area contributed by atoms with E-state index >= 15 is 0 Å². The van der Waals surface area contributed by atoms with E-state index in [9.17, 15) is 4.79 Å². The Bertz CT molecular complexity index is 1160. The molecule has 1 aliphatic carbocycles. The molecular formula is C22H25N7O. The lowest BCUT2D eigenvalue weighted by molar-refractivity contribution is 0.102. The van der Waals surface area contributed by atoms with Crippen molar-refractivity contribution in [3.63, 3.8) is 0 Å². The number of carbonyl (C=O) groups excluding carboxylic acids is 1. The minimum Gasteiger partial charge on any atom is -0.382 e. The van der Waals surface area contributed by atoms with E-state index in [2.05, 4.69) is 51.4 Å². The van der Waals surface area contributed by atoms with E-state index in [-0.39, 0.29) is 11.5 Å². The van der Waals surface area contributed by atoms with Crippen LogP contribution in [0.3, 0.4) is 0 Å². The van der Waals surface area contributed by atoms with Crippen LogP contribution in [-0.4, -0.2) is 44.1 Å². The van der Waals surface area contributed by atoms with E-state index in [1.807, 2.05) is 0 Å². The van der Waals surface area contributed by atoms with Crippen LogP contribution in [0.25, 0.3) is 11.3 Å². The van der Waals surface area contributed by atoms with Crippen molar-refractivity contribution in [3.8, 4) is 11.3 Å². The standard InChI is InChI=1S/C22H25N7O/c1-13-6-14(7-15-10-28(2)12-22(4-5-22)18(13)15)17-9-24-20(23)19(27-17)21(30)26-16-8-25-29(3)11-16/h6-9,11H,4-5,10,12H2,1-3H3,(H2,23,24)(H,26,30). The molecule has 0 unspecified atom stereocenters. The molecule has 2 aliphatic rings. The number of nitrogen functional groups attached to an aromatic ring is 1. The molecule has 0 bridgehead atoms. The zero-order valence-electron chi connectivity index (χ0n) is 17.4. The molecule has 8 nitrogen and oxygen atoms in total. The van der Waals surface area contributed by atoms with Gasteiger partial charge in [0.15, 0.2) is 11.5 Å². The van der Waals surface area contributed by atoms with Crippen LogP contribution in [0.5, 0.6) is 0 Å². The first-order chi connectivity index (χ1) is 14.3. The second-order valence-corrected chi connectivity index (χ2v) is 8.63. The SMILES string of the molecule is Cc1cc(-c2cnc(N)c(C(=O)Nc3cnn(C)c3)n2)cc2c1C1(CC1)CN(C)C2. The molecule has 1 aliphatic heterocycles. The Morgan fingerprint density at radius 1 is 1.23 bits per heavy atom. The summed E-state index contributed by atoms with van der Waals surface area (Å²) >= 11 is 0. The Morgan fingerprint density at radius 3 is 2.73 bits per heavy atom. The highest BCUT2D eigenvalue weighted by Gasteiger charge is 2.49. The average molecular weight is 403 g/mol. The van der Waals surface area contributed by atoms with E-state index in [4.69, 9.17) is 5.73 Å². The summed E-state index contributed by atoms with van der Waals surface area (Å²) in [5, 5.41) is 6.83. The molecule has 3 heterocycles. The number of aryl methyl sites for hydroxylation is 2. The molecule has 1 amide bonds. The summed E-state index contributed by atoms with van der Waals surface area (Å²) in [6.07, 6.45) is 7.43. The van der Waals surface area contributed by atoms with Crippen molar-refractivity contribution in [2.24, 2.45) is 7.05 Å². The predicted octanol–water partition coefficient (Wildman–Crippen LogP) is 2.50. The van der Waals surface area contributed by atoms with Crippen LogP contribution >= 0.6 is 0 Å². The highest BCUT2D eigenvalue weighted by Crippen LogP contribution is 2.53. The highest BCUT2D eigenvalue weighted by molar-refractivity contribution is 6.05. The largest absolute Gasteiger partial charge is 0.382 e. The molecule has 3 N–H and O–H groups in total. The third kappa shape index (κ3) is 3.13. The number of likely N-dealkylation sites (N-methyl/N-ethyl adjacent to an activating group) is 1. The van der Waals surface area contributed by atoms with Gasteiger partial charge in [-0.1, -0.05) is 0 Å². The first-order valence-corrected chi connectivity index (χ1v) is 10.1. The van der Waals surface area contributed by atoms with Gasteiger partial charge in [0.05, 0.1) is 23.8 Å². The molecule has 1 fully saturated rings. The molecule has 154 valence electrons. The van der Waals surface area contributed by atoms with E-state index in [1.165, 1.54) is 29.5 Å². The van der Waals surface area contributed by atoms with Crippen molar-refractivity contribution in [2.45, 2.75) is 31.7 Å². The summed E-state index contributed by atoms with van der Waals surface area (Å²) < 4.78 is 1.61. The fraction of sp³-hybridized carbons (Fsp3) is 0.364. The maximum absolute atomic E-state index is 12.7. The van der Waals surface area contributed by atoms with Gasteiger partial charge in [-0.2, -0.15) is 5.10 Å². The van der Waals surface area contributed by atoms with Gasteiger partial charge in [-0.05, 0) is 55.6 Å². The van der Waals surface area contributed by atoms with Gasteiger partial charge in [0.25, 0.3) is 5.91 Å². The summed E-state index contributed by atoms with van der Waals surface area (Å²) in [5.74, 6) is -0.298. The molecule has 1 aromatic carbocycles. The molecule has 30 heavy (non-hydrogen) atoms. The molecule has 2 aromatic heterocycles. The number of fused-ring (bicyclic) bond motifs is 2. The van der Waals surface area contributed by atoms with Crippen LogP contribution in [0, 0.1) is 6.92 Å². The normalized spacial score (nSPS) is 17.0. The number of hydrogen-bond donors (Lipinski definition) is 2. The van der Waals surface area contributed by atoms with Gasteiger partial charge >= 0.3 is 0 Å². The summed E-state index contributed by atoms with van der Waals surface area (Å²) in [5.41, 5.74) is 12.7. The Hall–Kier alpha value is -3.26.